The molecule has 9 heavy (non-hydrogen) atoms. The van der Waals surface area contributed by atoms with E-state index in [1.54, 1.807) is 0 Å². The third-order valence-corrected chi connectivity index (χ3v) is 2.77. The molecule has 0 amide bonds. The van der Waals surface area contributed by atoms with E-state index in [0.717, 1.165) is 6.29 Å². The van der Waals surface area contributed by atoms with Gasteiger partial charge in [-0.25, -0.2) is 0 Å². The second-order valence-corrected chi connectivity index (χ2v) is 3.30. The molecule has 4 heteroatoms. The van der Waals surface area contributed by atoms with E-state index in [2.05, 4.69) is 8.44 Å². The third kappa shape index (κ3) is 3.66. The fourth-order valence-electron chi connectivity index (χ4n) is 0.405. The molecule has 2 atom stereocenters. The van der Waals surface area contributed by atoms with Crippen molar-refractivity contribution < 1.29 is 9.59 Å². The number of hydrogen-bond donors (Lipinski definition) is 0. The zero-order valence-corrected chi connectivity index (χ0v) is 7.14. The smallest absolute Gasteiger partial charge is 0.143 e. The van der Waals surface area contributed by atoms with Crippen LogP contribution in [-0.4, -0.2) is 17.3 Å². The van der Waals surface area contributed by atoms with Crippen LogP contribution in [0.3, 0.4) is 0 Å². The van der Waals surface area contributed by atoms with E-state index in [0.29, 0.717) is 6.42 Å². The van der Waals surface area contributed by atoms with Gasteiger partial charge in [-0.1, -0.05) is 8.44 Å². The van der Waals surface area contributed by atoms with Gasteiger partial charge in [-0.05, 0) is 6.92 Å². The zero-order chi connectivity index (χ0) is 7.28. The molecule has 0 fully saturated rings. The lowest BCUT2D eigenvalue weighted by atomic mass is 10.2. The molecule has 0 heterocycles. The summed E-state index contributed by atoms with van der Waals surface area (Å²) in [5.74, 6) is 0.0575. The highest BCUT2D eigenvalue weighted by Crippen LogP contribution is 2.21. The van der Waals surface area contributed by atoms with Gasteiger partial charge in [0.2, 0.25) is 0 Å². The Hall–Kier alpha value is 0.120. The molecular formula is C5H9O2PS. The molecule has 0 aromatic heterocycles. The molecule has 0 rings (SSSR count). The van der Waals surface area contributed by atoms with Gasteiger partial charge in [-0.15, -0.1) is 11.4 Å². The maximum Gasteiger partial charge on any atom is 0.143 e. The SMILES string of the molecule is CC(=O)C(CC=O)SP. The summed E-state index contributed by atoms with van der Waals surface area (Å²) >= 11 is 1.34. The van der Waals surface area contributed by atoms with Crippen molar-refractivity contribution in [2.24, 2.45) is 0 Å². The van der Waals surface area contributed by atoms with Gasteiger partial charge in [0, 0.05) is 6.42 Å². The van der Waals surface area contributed by atoms with Gasteiger partial charge in [0.1, 0.15) is 12.1 Å². The van der Waals surface area contributed by atoms with Crippen LogP contribution < -0.4 is 0 Å². The van der Waals surface area contributed by atoms with Gasteiger partial charge in [0.25, 0.3) is 0 Å². The first-order valence-corrected chi connectivity index (χ1v) is 4.87. The minimum absolute atomic E-state index is 0.0575. The molecule has 0 aromatic carbocycles. The third-order valence-electron chi connectivity index (χ3n) is 0.928. The summed E-state index contributed by atoms with van der Waals surface area (Å²) in [6.45, 7) is 1.49. The van der Waals surface area contributed by atoms with Crippen molar-refractivity contribution in [1.29, 1.82) is 0 Å². The number of hydrogen-bond acceptors (Lipinski definition) is 3. The summed E-state index contributed by atoms with van der Waals surface area (Å²) in [6, 6.07) is 0. The van der Waals surface area contributed by atoms with E-state index >= 15 is 0 Å². The predicted octanol–water partition coefficient (Wildman–Crippen LogP) is 1.06. The van der Waals surface area contributed by atoms with E-state index in [9.17, 15) is 9.59 Å². The fourth-order valence-corrected chi connectivity index (χ4v) is 1.69. The molecule has 0 bridgehead atoms. The monoisotopic (exact) mass is 164 g/mol. The summed E-state index contributed by atoms with van der Waals surface area (Å²) < 4.78 is 0. The highest BCUT2D eigenvalue weighted by atomic mass is 32.7. The van der Waals surface area contributed by atoms with Gasteiger partial charge in [-0.3, -0.25) is 4.79 Å². The van der Waals surface area contributed by atoms with Crippen molar-refractivity contribution in [3.05, 3.63) is 0 Å². The highest BCUT2D eigenvalue weighted by Gasteiger charge is 2.10. The van der Waals surface area contributed by atoms with E-state index in [1.807, 2.05) is 0 Å². The van der Waals surface area contributed by atoms with Crippen LogP contribution in [0.5, 0.6) is 0 Å². The lowest BCUT2D eigenvalue weighted by Crippen LogP contribution is -2.11. The topological polar surface area (TPSA) is 34.1 Å². The van der Waals surface area contributed by atoms with Crippen LogP contribution in [0, 0.1) is 0 Å². The quantitative estimate of drug-likeness (QED) is 0.460. The standard InChI is InChI=1S/C5H9O2PS/c1-4(7)5(9-8)2-3-6/h3,5H,2,8H2,1H3. The Bertz CT molecular complexity index is 116. The summed E-state index contributed by atoms with van der Waals surface area (Å²) in [5, 5.41) is -0.160. The Morgan fingerprint density at radius 3 is 2.56 bits per heavy atom. The summed E-state index contributed by atoms with van der Waals surface area (Å²) in [7, 11) is 2.37. The molecule has 52 valence electrons. The first-order chi connectivity index (χ1) is 4.22. The van der Waals surface area contributed by atoms with Crippen LogP contribution in [0.4, 0.5) is 0 Å². The second kappa shape index (κ2) is 4.95. The first kappa shape index (κ1) is 9.12. The van der Waals surface area contributed by atoms with Crippen molar-refractivity contribution in [2.75, 3.05) is 0 Å². The minimum atomic E-state index is -0.160. The molecule has 2 unspecified atom stereocenters. The largest absolute Gasteiger partial charge is 0.303 e. The van der Waals surface area contributed by atoms with Crippen molar-refractivity contribution in [3.8, 4) is 0 Å². The Morgan fingerprint density at radius 2 is 2.44 bits per heavy atom. The molecule has 2 nitrogen and oxygen atoms in total. The normalized spacial score (nSPS) is 12.7. The van der Waals surface area contributed by atoms with Crippen LogP contribution in [0.1, 0.15) is 13.3 Å². The van der Waals surface area contributed by atoms with Crippen molar-refractivity contribution in [1.82, 2.24) is 0 Å². The van der Waals surface area contributed by atoms with Gasteiger partial charge in [0.05, 0.1) is 5.25 Å². The Balaban J connectivity index is 3.67. The molecule has 0 aromatic rings. The van der Waals surface area contributed by atoms with Gasteiger partial charge in [-0.2, -0.15) is 0 Å². The zero-order valence-electron chi connectivity index (χ0n) is 5.16. The van der Waals surface area contributed by atoms with Crippen molar-refractivity contribution >= 4 is 31.9 Å². The first-order valence-electron chi connectivity index (χ1n) is 2.52. The molecule has 0 saturated heterocycles. The van der Waals surface area contributed by atoms with Crippen LogP contribution >= 0.6 is 19.8 Å². The number of aldehydes is 1. The van der Waals surface area contributed by atoms with Crippen molar-refractivity contribution in [2.45, 2.75) is 18.6 Å². The summed E-state index contributed by atoms with van der Waals surface area (Å²) in [4.78, 5) is 20.5. The van der Waals surface area contributed by atoms with E-state index in [-0.39, 0.29) is 11.0 Å². The summed E-state index contributed by atoms with van der Waals surface area (Å²) in [5.41, 5.74) is 0. The Morgan fingerprint density at radius 1 is 1.89 bits per heavy atom. The van der Waals surface area contributed by atoms with Gasteiger partial charge >= 0.3 is 0 Å². The number of Topliss-reactive ketones (excluding diaryl/α,β-unsaturated/α-hetero) is 1. The Labute approximate surface area is 60.7 Å². The molecule has 0 N–H and O–H groups in total. The molecule has 0 spiro atoms. The fraction of sp³-hybridized carbons (Fsp3) is 0.600. The molecular weight excluding hydrogens is 155 g/mol. The number of carbonyl (C=O) groups excluding carboxylic acids is 2. The van der Waals surface area contributed by atoms with Crippen LogP contribution in [0.15, 0.2) is 0 Å². The average Bonchev–Trinajstić information content (AvgIpc) is 1.82. The van der Waals surface area contributed by atoms with Gasteiger partial charge in [0.15, 0.2) is 0 Å². The van der Waals surface area contributed by atoms with Crippen LogP contribution in [-0.2, 0) is 9.59 Å². The number of rotatable bonds is 4. The molecule has 0 saturated carbocycles. The van der Waals surface area contributed by atoms with E-state index in [4.69, 9.17) is 0 Å². The van der Waals surface area contributed by atoms with Gasteiger partial charge < -0.3 is 4.79 Å². The maximum atomic E-state index is 10.6. The molecule has 0 aliphatic rings. The maximum absolute atomic E-state index is 10.6. The van der Waals surface area contributed by atoms with Crippen LogP contribution in [0.25, 0.3) is 0 Å². The van der Waals surface area contributed by atoms with E-state index < -0.39 is 0 Å². The Kier molecular flexibility index (Phi) is 5.02. The second-order valence-electron chi connectivity index (χ2n) is 1.64. The minimum Gasteiger partial charge on any atom is -0.303 e. The lowest BCUT2D eigenvalue weighted by molar-refractivity contribution is -0.118. The average molecular weight is 164 g/mol. The molecule has 0 aliphatic carbocycles. The van der Waals surface area contributed by atoms with Crippen molar-refractivity contribution in [3.63, 3.8) is 0 Å². The van der Waals surface area contributed by atoms with Crippen LogP contribution in [0.2, 0.25) is 0 Å². The number of ketones is 1. The van der Waals surface area contributed by atoms with E-state index in [1.165, 1.54) is 18.3 Å². The molecule has 0 radical (unpaired) electrons. The predicted molar refractivity (Wildman–Crippen MR) is 42.5 cm³/mol. The number of carbonyl (C=O) groups is 2. The molecule has 0 aliphatic heterocycles. The lowest BCUT2D eigenvalue weighted by Gasteiger charge is -2.03. The highest BCUT2D eigenvalue weighted by molar-refractivity contribution is 8.44. The summed E-state index contributed by atoms with van der Waals surface area (Å²) in [6.07, 6.45) is 1.09.